The van der Waals surface area contributed by atoms with E-state index in [1.165, 1.54) is 55.5 Å². The van der Waals surface area contributed by atoms with Crippen molar-refractivity contribution < 1.29 is 25.8 Å². The number of aromatic nitrogens is 2. The van der Waals surface area contributed by atoms with Crippen molar-refractivity contribution in [2.75, 3.05) is 4.90 Å². The normalized spacial score (nSPS) is 18.2. The van der Waals surface area contributed by atoms with E-state index in [0.717, 1.165) is 50.4 Å². The van der Waals surface area contributed by atoms with Crippen molar-refractivity contribution in [1.29, 1.82) is 0 Å². The molecule has 2 aliphatic heterocycles. The van der Waals surface area contributed by atoms with Gasteiger partial charge in [0, 0.05) is 23.3 Å². The van der Waals surface area contributed by atoms with Crippen molar-refractivity contribution in [3.05, 3.63) is 220 Å². The minimum atomic E-state index is -0.709. The SMILES string of the molecule is Cc1ccc2c(c1)c1cc3c([c-]c1n2-c1cc(C(C)(C)C)ccn1)N(c1[c-]c(C2=N[C@](C)(C(c4ccccc4)c4ccccc4)[C@@](C)(C(C)C)O2)cc(-c2c(C)cccc2C)c1)c1ccccc1C3(C)C.[Pt+2]. The van der Waals surface area contributed by atoms with Gasteiger partial charge in [-0.2, -0.15) is 6.07 Å². The number of pyridine rings is 1. The van der Waals surface area contributed by atoms with Crippen LogP contribution in [-0.2, 0) is 36.6 Å². The molecule has 9 aromatic rings. The molecule has 0 saturated carbocycles. The number of aryl methyl sites for hydroxylation is 3. The molecule has 0 fully saturated rings. The Balaban J connectivity index is 0.00000596. The molecule has 72 heavy (non-hydrogen) atoms. The fraction of sp³-hybridized carbons (Fsp3) is 0.273. The first kappa shape index (κ1) is 49.0. The quantitative estimate of drug-likeness (QED) is 0.142. The van der Waals surface area contributed by atoms with Gasteiger partial charge in [-0.1, -0.05) is 186 Å². The Labute approximate surface area is 441 Å². The molecular formula is C66H64N4OPt. The summed E-state index contributed by atoms with van der Waals surface area (Å²) in [6, 6.07) is 63.5. The van der Waals surface area contributed by atoms with Crippen molar-refractivity contribution >= 4 is 44.8 Å². The molecule has 0 radical (unpaired) electrons. The molecule has 6 heteroatoms. The molecule has 0 bridgehead atoms. The van der Waals surface area contributed by atoms with Crippen molar-refractivity contribution in [3.63, 3.8) is 0 Å². The molecule has 0 unspecified atom stereocenters. The van der Waals surface area contributed by atoms with E-state index in [4.69, 9.17) is 14.7 Å². The second-order valence-corrected chi connectivity index (χ2v) is 22.4. The molecule has 2 aromatic heterocycles. The molecule has 11 rings (SSSR count). The Kier molecular flexibility index (Phi) is 12.2. The number of benzene rings is 7. The Morgan fingerprint density at radius 2 is 1.31 bits per heavy atom. The Morgan fingerprint density at radius 1 is 0.653 bits per heavy atom. The summed E-state index contributed by atoms with van der Waals surface area (Å²) < 4.78 is 9.80. The fourth-order valence-electron chi connectivity index (χ4n) is 11.9. The summed E-state index contributed by atoms with van der Waals surface area (Å²) in [5.41, 5.74) is 16.0. The van der Waals surface area contributed by atoms with Gasteiger partial charge in [0.05, 0.1) is 0 Å². The van der Waals surface area contributed by atoms with Gasteiger partial charge in [-0.15, -0.1) is 35.2 Å². The fourth-order valence-corrected chi connectivity index (χ4v) is 11.9. The number of fused-ring (bicyclic) bond motifs is 5. The van der Waals surface area contributed by atoms with Crippen molar-refractivity contribution in [3.8, 4) is 16.9 Å². The molecule has 7 aromatic carbocycles. The van der Waals surface area contributed by atoms with E-state index < -0.39 is 11.1 Å². The van der Waals surface area contributed by atoms with Crippen molar-refractivity contribution in [1.82, 2.24) is 9.55 Å². The third-order valence-corrected chi connectivity index (χ3v) is 16.2. The zero-order valence-corrected chi connectivity index (χ0v) is 46.0. The van der Waals surface area contributed by atoms with Crippen LogP contribution >= 0.6 is 0 Å². The molecular weight excluding hydrogens is 1060 g/mol. The van der Waals surface area contributed by atoms with Gasteiger partial charge in [-0.25, -0.2) is 4.98 Å². The van der Waals surface area contributed by atoms with Gasteiger partial charge >= 0.3 is 21.1 Å². The molecule has 4 heterocycles. The van der Waals surface area contributed by atoms with Crippen LogP contribution in [0.15, 0.2) is 163 Å². The van der Waals surface area contributed by atoms with E-state index in [-0.39, 0.29) is 43.7 Å². The van der Waals surface area contributed by atoms with Crippen LogP contribution in [0.2, 0.25) is 0 Å². The van der Waals surface area contributed by atoms with E-state index in [2.05, 4.69) is 256 Å². The van der Waals surface area contributed by atoms with Gasteiger partial charge in [0.1, 0.15) is 22.9 Å². The van der Waals surface area contributed by atoms with Crippen LogP contribution in [0.25, 0.3) is 38.8 Å². The number of anilines is 3. The maximum absolute atomic E-state index is 7.48. The molecule has 0 spiro atoms. The first-order valence-corrected chi connectivity index (χ1v) is 25.3. The Hall–Kier alpha value is -6.55. The first-order valence-electron chi connectivity index (χ1n) is 25.3. The maximum Gasteiger partial charge on any atom is 2.00 e. The number of rotatable bonds is 8. The molecule has 5 nitrogen and oxygen atoms in total. The number of nitrogens with zero attached hydrogens (tertiary/aromatic N) is 4. The summed E-state index contributed by atoms with van der Waals surface area (Å²) in [6.07, 6.45) is 1.95. The number of hydrogen-bond donors (Lipinski definition) is 0. The van der Waals surface area contributed by atoms with E-state index in [1.54, 1.807) is 0 Å². The zero-order valence-electron chi connectivity index (χ0n) is 43.7. The van der Waals surface area contributed by atoms with Crippen LogP contribution in [0.4, 0.5) is 17.1 Å². The smallest absolute Gasteiger partial charge is 0.511 e. The predicted molar refractivity (Wildman–Crippen MR) is 295 cm³/mol. The molecule has 364 valence electrons. The second-order valence-electron chi connectivity index (χ2n) is 22.4. The zero-order chi connectivity index (χ0) is 49.8. The van der Waals surface area contributed by atoms with E-state index in [1.807, 2.05) is 6.20 Å². The third kappa shape index (κ3) is 7.77. The average molecular weight is 1120 g/mol. The summed E-state index contributed by atoms with van der Waals surface area (Å²) >= 11 is 0. The van der Waals surface area contributed by atoms with Crippen LogP contribution in [0.3, 0.4) is 0 Å². The molecule has 2 atom stereocenters. The van der Waals surface area contributed by atoms with E-state index >= 15 is 0 Å². The number of hydrogen-bond acceptors (Lipinski definition) is 4. The monoisotopic (exact) mass is 1120 g/mol. The summed E-state index contributed by atoms with van der Waals surface area (Å²) in [4.78, 5) is 13.3. The van der Waals surface area contributed by atoms with Crippen LogP contribution in [-0.4, -0.2) is 26.6 Å². The summed E-state index contributed by atoms with van der Waals surface area (Å²) in [5, 5.41) is 2.34. The molecule has 0 N–H and O–H groups in total. The number of aliphatic imine (C=N–C) groups is 1. The maximum atomic E-state index is 7.48. The standard InChI is InChI=1S/C66H64N4O.Pt/c1-41(2)66(12)65(11,61(45-24-15-13-16-25-45)46-26-17-14-18-27-46)68-62(71-66)48-35-47(60-43(4)22-21-23-44(60)5)36-50(37-48)69-56-29-20-19-28-53(56)64(9,10)54-39-52-51-34-42(3)30-31-55(51)70(57(52)40-58(54)69)59-38-49(32-33-67-59)63(6,7)8;/h13-36,38-39,41,61H,1-12H3;/q-2;+2/t65-,66-;/m1./s1. The average Bonchev–Trinajstić information content (AvgIpc) is 3.82. The van der Waals surface area contributed by atoms with Crippen LogP contribution in [0.1, 0.15) is 118 Å². The molecule has 0 aliphatic carbocycles. The summed E-state index contributed by atoms with van der Waals surface area (Å²) in [5.74, 6) is 1.49. The minimum absolute atomic E-state index is 0. The van der Waals surface area contributed by atoms with Crippen LogP contribution in [0, 0.1) is 38.8 Å². The molecule has 0 amide bonds. The van der Waals surface area contributed by atoms with Gasteiger partial charge in [0.2, 0.25) is 0 Å². The van der Waals surface area contributed by atoms with Gasteiger partial charge < -0.3 is 14.2 Å². The predicted octanol–water partition coefficient (Wildman–Crippen LogP) is 16.6. The van der Waals surface area contributed by atoms with Crippen molar-refractivity contribution in [2.45, 2.75) is 111 Å². The van der Waals surface area contributed by atoms with Crippen molar-refractivity contribution in [2.24, 2.45) is 10.9 Å². The molecule has 0 saturated heterocycles. The Bertz CT molecular complexity index is 3520. The van der Waals surface area contributed by atoms with Gasteiger partial charge in [-0.3, -0.25) is 4.99 Å². The number of para-hydroxylation sites is 1. The van der Waals surface area contributed by atoms with Crippen LogP contribution in [0.5, 0.6) is 0 Å². The summed E-state index contributed by atoms with van der Waals surface area (Å²) in [7, 11) is 0. The molecule has 2 aliphatic rings. The largest absolute Gasteiger partial charge is 2.00 e. The topological polar surface area (TPSA) is 42.7 Å². The van der Waals surface area contributed by atoms with Gasteiger partial charge in [0.25, 0.3) is 0 Å². The third-order valence-electron chi connectivity index (χ3n) is 16.2. The second kappa shape index (κ2) is 17.9. The summed E-state index contributed by atoms with van der Waals surface area (Å²) in [6.45, 7) is 27.2. The van der Waals surface area contributed by atoms with E-state index in [9.17, 15) is 0 Å². The minimum Gasteiger partial charge on any atom is -0.511 e. The van der Waals surface area contributed by atoms with Gasteiger partial charge in [0.15, 0.2) is 0 Å². The van der Waals surface area contributed by atoms with Crippen LogP contribution < -0.4 is 4.90 Å². The number of ether oxygens (including phenoxy) is 1. The Morgan fingerprint density at radius 3 is 1.96 bits per heavy atom. The van der Waals surface area contributed by atoms with Gasteiger partial charge in [-0.05, 0) is 126 Å². The first-order chi connectivity index (χ1) is 33.9. The van der Waals surface area contributed by atoms with E-state index in [0.29, 0.717) is 5.90 Å².